The Labute approximate surface area is 155 Å². The van der Waals surface area contributed by atoms with Crippen LogP contribution in [0.4, 0.5) is 5.82 Å². The molecule has 1 aromatic heterocycles. The number of nitrogens with one attached hydrogen (secondary N) is 1. The molecule has 134 valence electrons. The normalized spacial score (nSPS) is 14.6. The Morgan fingerprint density at radius 2 is 1.88 bits per heavy atom. The molecule has 1 aliphatic rings. The number of pyridine rings is 1. The number of carbonyl (C=O) groups excluding carboxylic acids is 1. The molecule has 5 heteroatoms. The highest BCUT2D eigenvalue weighted by atomic mass is 32.2. The van der Waals surface area contributed by atoms with E-state index in [4.69, 9.17) is 0 Å². The fraction of sp³-hybridized carbons (Fsp3) is 0.684. The van der Waals surface area contributed by atoms with Crippen molar-refractivity contribution >= 4 is 35.2 Å². The molecule has 1 saturated carbocycles. The standard InChI is InChI=1S/C19H30N2OS2/c1-13(2)23-19(24-14(3)4)11-10-18(22)21-17-7-5-6-16(20-17)12-15-8-9-15/h5-7,13-15,19H,8-12H2,1-4H3,(H,20,21,22). The van der Waals surface area contributed by atoms with Crippen molar-refractivity contribution in [2.75, 3.05) is 5.32 Å². The maximum absolute atomic E-state index is 12.3. The third-order valence-corrected chi connectivity index (χ3v) is 6.56. The number of nitrogens with zero attached hydrogens (tertiary/aromatic N) is 1. The van der Waals surface area contributed by atoms with Gasteiger partial charge in [0.05, 0.1) is 4.58 Å². The van der Waals surface area contributed by atoms with Crippen molar-refractivity contribution < 1.29 is 4.79 Å². The monoisotopic (exact) mass is 366 g/mol. The first kappa shape index (κ1) is 19.6. The minimum absolute atomic E-state index is 0.0739. The molecular weight excluding hydrogens is 336 g/mol. The Morgan fingerprint density at radius 3 is 2.46 bits per heavy atom. The average Bonchev–Trinajstić information content (AvgIpc) is 3.28. The molecule has 0 bridgehead atoms. The molecule has 0 atom stereocenters. The summed E-state index contributed by atoms with van der Waals surface area (Å²) in [5.74, 6) is 1.58. The van der Waals surface area contributed by atoms with Gasteiger partial charge < -0.3 is 5.32 Å². The van der Waals surface area contributed by atoms with Crippen LogP contribution in [0.25, 0.3) is 0 Å². The molecule has 0 aromatic carbocycles. The SMILES string of the molecule is CC(C)SC(CCC(=O)Nc1cccc(CC2CC2)n1)SC(C)C. The van der Waals surface area contributed by atoms with E-state index in [0.717, 1.165) is 24.5 Å². The fourth-order valence-corrected chi connectivity index (χ4v) is 5.82. The number of carbonyl (C=O) groups is 1. The minimum Gasteiger partial charge on any atom is -0.311 e. The largest absolute Gasteiger partial charge is 0.311 e. The quantitative estimate of drug-likeness (QED) is 0.566. The molecule has 1 aliphatic carbocycles. The highest BCUT2D eigenvalue weighted by Gasteiger charge is 2.22. The molecule has 1 heterocycles. The Hall–Kier alpha value is -0.680. The second-order valence-electron chi connectivity index (χ2n) is 7.05. The van der Waals surface area contributed by atoms with Crippen LogP contribution in [0.2, 0.25) is 0 Å². The van der Waals surface area contributed by atoms with Crippen molar-refractivity contribution in [3.8, 4) is 0 Å². The lowest BCUT2D eigenvalue weighted by atomic mass is 10.2. The van der Waals surface area contributed by atoms with E-state index < -0.39 is 0 Å². The topological polar surface area (TPSA) is 42.0 Å². The Bertz CT molecular complexity index is 520. The summed E-state index contributed by atoms with van der Waals surface area (Å²) < 4.78 is 0.477. The Morgan fingerprint density at radius 1 is 1.21 bits per heavy atom. The van der Waals surface area contributed by atoms with Gasteiger partial charge in [-0.1, -0.05) is 33.8 Å². The number of aromatic nitrogens is 1. The van der Waals surface area contributed by atoms with Crippen LogP contribution in [0.3, 0.4) is 0 Å². The van der Waals surface area contributed by atoms with Crippen LogP contribution in [-0.2, 0) is 11.2 Å². The van der Waals surface area contributed by atoms with Crippen LogP contribution < -0.4 is 5.32 Å². The van der Waals surface area contributed by atoms with Crippen molar-refractivity contribution in [3.63, 3.8) is 0 Å². The van der Waals surface area contributed by atoms with Crippen molar-refractivity contribution in [2.45, 2.75) is 74.9 Å². The summed E-state index contributed by atoms with van der Waals surface area (Å²) in [7, 11) is 0. The molecule has 1 aromatic rings. The van der Waals surface area contributed by atoms with Gasteiger partial charge in [-0.2, -0.15) is 0 Å². The van der Waals surface area contributed by atoms with E-state index >= 15 is 0 Å². The number of hydrogen-bond acceptors (Lipinski definition) is 4. The maximum Gasteiger partial charge on any atom is 0.225 e. The predicted octanol–water partition coefficient (Wildman–Crippen LogP) is 5.36. The maximum atomic E-state index is 12.3. The van der Waals surface area contributed by atoms with Gasteiger partial charge in [-0.15, -0.1) is 23.5 Å². The number of anilines is 1. The van der Waals surface area contributed by atoms with Crippen molar-refractivity contribution in [3.05, 3.63) is 23.9 Å². The van der Waals surface area contributed by atoms with Crippen LogP contribution in [0, 0.1) is 5.92 Å². The molecule has 0 saturated heterocycles. The van der Waals surface area contributed by atoms with E-state index in [-0.39, 0.29) is 5.91 Å². The van der Waals surface area contributed by atoms with E-state index in [1.54, 1.807) is 0 Å². The molecule has 0 radical (unpaired) electrons. The summed E-state index contributed by atoms with van der Waals surface area (Å²) in [5.41, 5.74) is 1.10. The average molecular weight is 367 g/mol. The summed E-state index contributed by atoms with van der Waals surface area (Å²) >= 11 is 3.92. The van der Waals surface area contributed by atoms with Gasteiger partial charge >= 0.3 is 0 Å². The smallest absolute Gasteiger partial charge is 0.225 e. The molecule has 0 unspecified atom stereocenters. The second kappa shape index (κ2) is 9.71. The highest BCUT2D eigenvalue weighted by molar-refractivity contribution is 8.17. The molecule has 1 N–H and O–H groups in total. The van der Waals surface area contributed by atoms with Crippen molar-refractivity contribution in [1.82, 2.24) is 4.98 Å². The van der Waals surface area contributed by atoms with E-state index in [9.17, 15) is 4.79 Å². The van der Waals surface area contributed by atoms with Gasteiger partial charge in [0.15, 0.2) is 0 Å². The summed E-state index contributed by atoms with van der Waals surface area (Å²) in [6.45, 7) is 8.86. The lowest BCUT2D eigenvalue weighted by Gasteiger charge is -2.20. The summed E-state index contributed by atoms with van der Waals surface area (Å²) in [6.07, 6.45) is 5.14. The second-order valence-corrected chi connectivity index (χ2v) is 10.9. The lowest BCUT2D eigenvalue weighted by molar-refractivity contribution is -0.116. The first-order valence-corrected chi connectivity index (χ1v) is 10.9. The third-order valence-electron chi connectivity index (χ3n) is 3.72. The van der Waals surface area contributed by atoms with Crippen molar-refractivity contribution in [1.29, 1.82) is 0 Å². The first-order valence-electron chi connectivity index (χ1n) is 8.99. The fourth-order valence-electron chi connectivity index (χ4n) is 2.51. The summed E-state index contributed by atoms with van der Waals surface area (Å²) in [5, 5.41) is 4.15. The Balaban J connectivity index is 1.80. The molecule has 3 nitrogen and oxygen atoms in total. The molecular formula is C19H30N2OS2. The zero-order chi connectivity index (χ0) is 17.5. The zero-order valence-corrected chi connectivity index (χ0v) is 16.9. The van der Waals surface area contributed by atoms with Gasteiger partial charge in [0.2, 0.25) is 5.91 Å². The van der Waals surface area contributed by atoms with E-state index in [1.807, 2.05) is 35.7 Å². The van der Waals surface area contributed by atoms with Crippen molar-refractivity contribution in [2.24, 2.45) is 5.92 Å². The van der Waals surface area contributed by atoms with Gasteiger partial charge in [-0.3, -0.25) is 4.79 Å². The molecule has 0 spiro atoms. The zero-order valence-electron chi connectivity index (χ0n) is 15.2. The van der Waals surface area contributed by atoms with E-state index in [1.165, 1.54) is 12.8 Å². The predicted molar refractivity (Wildman–Crippen MR) is 108 cm³/mol. The lowest BCUT2D eigenvalue weighted by Crippen LogP contribution is -2.16. The Kier molecular flexibility index (Phi) is 7.95. The van der Waals surface area contributed by atoms with Gasteiger partial charge in [0, 0.05) is 22.6 Å². The number of rotatable bonds is 10. The van der Waals surface area contributed by atoms with Crippen LogP contribution >= 0.6 is 23.5 Å². The molecule has 1 fully saturated rings. The number of thioether (sulfide) groups is 2. The third kappa shape index (κ3) is 7.93. The minimum atomic E-state index is 0.0739. The van der Waals surface area contributed by atoms with Gasteiger partial charge in [-0.05, 0) is 43.7 Å². The van der Waals surface area contributed by atoms with Crippen LogP contribution in [-0.4, -0.2) is 26.0 Å². The van der Waals surface area contributed by atoms with E-state index in [2.05, 4.69) is 44.1 Å². The highest BCUT2D eigenvalue weighted by Crippen LogP contribution is 2.34. The number of hydrogen-bond donors (Lipinski definition) is 1. The van der Waals surface area contributed by atoms with Gasteiger partial charge in [-0.25, -0.2) is 4.98 Å². The van der Waals surface area contributed by atoms with Crippen LogP contribution in [0.15, 0.2) is 18.2 Å². The first-order chi connectivity index (χ1) is 11.4. The summed E-state index contributed by atoms with van der Waals surface area (Å²) in [4.78, 5) is 16.8. The molecule has 24 heavy (non-hydrogen) atoms. The molecule has 0 aliphatic heterocycles. The molecule has 2 rings (SSSR count). The molecule has 1 amide bonds. The summed E-state index contributed by atoms with van der Waals surface area (Å²) in [6, 6.07) is 5.94. The van der Waals surface area contributed by atoms with Crippen LogP contribution in [0.1, 0.15) is 59.1 Å². The number of amides is 1. The van der Waals surface area contributed by atoms with Gasteiger partial charge in [0.1, 0.15) is 5.82 Å². The van der Waals surface area contributed by atoms with E-state index in [0.29, 0.717) is 27.3 Å². The van der Waals surface area contributed by atoms with Crippen LogP contribution in [0.5, 0.6) is 0 Å². The van der Waals surface area contributed by atoms with Gasteiger partial charge in [0.25, 0.3) is 0 Å².